The van der Waals surface area contributed by atoms with E-state index < -0.39 is 0 Å². The van der Waals surface area contributed by atoms with Crippen molar-refractivity contribution in [2.24, 2.45) is 0 Å². The number of rotatable bonds is 2. The third kappa shape index (κ3) is 2.80. The fraction of sp³-hybridized carbons (Fsp3) is 0.562. The van der Waals surface area contributed by atoms with Crippen molar-refractivity contribution in [3.63, 3.8) is 0 Å². The number of urea groups is 1. The van der Waals surface area contributed by atoms with Crippen LogP contribution >= 0.6 is 0 Å². The molecule has 0 aromatic heterocycles. The fourth-order valence-electron chi connectivity index (χ4n) is 3.04. The van der Waals surface area contributed by atoms with E-state index in [-0.39, 0.29) is 6.03 Å². The van der Waals surface area contributed by atoms with Crippen LogP contribution < -0.4 is 5.32 Å². The van der Waals surface area contributed by atoms with Gasteiger partial charge >= 0.3 is 6.03 Å². The zero-order valence-electron chi connectivity index (χ0n) is 12.1. The normalized spacial score (nSPS) is 20.6. The number of hydrogen-bond donors (Lipinski definition) is 1. The van der Waals surface area contributed by atoms with Gasteiger partial charge in [0.2, 0.25) is 0 Å². The van der Waals surface area contributed by atoms with Crippen LogP contribution in [0, 0.1) is 6.92 Å². The van der Waals surface area contributed by atoms with Crippen molar-refractivity contribution >= 4 is 11.7 Å². The van der Waals surface area contributed by atoms with Gasteiger partial charge in [-0.1, -0.05) is 24.6 Å². The van der Waals surface area contributed by atoms with Crippen LogP contribution in [0.15, 0.2) is 24.3 Å². The quantitative estimate of drug-likeness (QED) is 0.899. The van der Waals surface area contributed by atoms with Crippen molar-refractivity contribution in [2.75, 3.05) is 31.5 Å². The van der Waals surface area contributed by atoms with Gasteiger partial charge in [-0.05, 0) is 44.5 Å². The largest absolute Gasteiger partial charge is 0.321 e. The second-order valence-corrected chi connectivity index (χ2v) is 5.90. The van der Waals surface area contributed by atoms with E-state index in [4.69, 9.17) is 0 Å². The summed E-state index contributed by atoms with van der Waals surface area (Å²) in [6, 6.07) is 8.53. The molecule has 0 radical (unpaired) electrons. The van der Waals surface area contributed by atoms with Gasteiger partial charge in [0.25, 0.3) is 0 Å². The van der Waals surface area contributed by atoms with Gasteiger partial charge in [-0.15, -0.1) is 0 Å². The molecular formula is C16H23N3O. The Hall–Kier alpha value is -1.55. The van der Waals surface area contributed by atoms with Gasteiger partial charge in [0.15, 0.2) is 0 Å². The zero-order valence-corrected chi connectivity index (χ0v) is 12.1. The number of para-hydroxylation sites is 1. The van der Waals surface area contributed by atoms with Crippen molar-refractivity contribution in [1.29, 1.82) is 0 Å². The summed E-state index contributed by atoms with van der Waals surface area (Å²) in [4.78, 5) is 16.6. The highest BCUT2D eigenvalue weighted by atomic mass is 16.2. The predicted octanol–water partition coefficient (Wildman–Crippen LogP) is 2.70. The second kappa shape index (κ2) is 5.83. The molecule has 0 atom stereocenters. The Morgan fingerprint density at radius 2 is 1.85 bits per heavy atom. The molecule has 2 heterocycles. The van der Waals surface area contributed by atoms with Crippen LogP contribution in [-0.2, 0) is 0 Å². The van der Waals surface area contributed by atoms with Gasteiger partial charge in [0, 0.05) is 24.8 Å². The summed E-state index contributed by atoms with van der Waals surface area (Å²) in [7, 11) is 0. The molecule has 3 rings (SSSR count). The number of nitrogens with one attached hydrogen (secondary N) is 1. The number of amides is 2. The van der Waals surface area contributed by atoms with E-state index in [1.54, 1.807) is 0 Å². The average molecular weight is 273 g/mol. The molecule has 0 unspecified atom stereocenters. The SMILES string of the molecule is Cc1ccccc1NC(=O)N1CC(N2CCCCC2)C1. The first-order chi connectivity index (χ1) is 9.74. The Labute approximate surface area is 120 Å². The molecule has 4 nitrogen and oxygen atoms in total. The van der Waals surface area contributed by atoms with Crippen molar-refractivity contribution in [1.82, 2.24) is 9.80 Å². The monoisotopic (exact) mass is 273 g/mol. The van der Waals surface area contributed by atoms with Gasteiger partial charge in [-0.25, -0.2) is 4.79 Å². The van der Waals surface area contributed by atoms with Crippen LogP contribution in [-0.4, -0.2) is 48.1 Å². The molecule has 1 aromatic carbocycles. The molecule has 0 spiro atoms. The Morgan fingerprint density at radius 3 is 2.55 bits per heavy atom. The van der Waals surface area contributed by atoms with Crippen LogP contribution in [0.3, 0.4) is 0 Å². The van der Waals surface area contributed by atoms with Gasteiger partial charge in [-0.3, -0.25) is 4.90 Å². The molecule has 2 aliphatic heterocycles. The van der Waals surface area contributed by atoms with E-state index in [9.17, 15) is 4.79 Å². The third-order valence-corrected chi connectivity index (χ3v) is 4.44. The maximum Gasteiger partial charge on any atom is 0.321 e. The number of anilines is 1. The zero-order chi connectivity index (χ0) is 13.9. The average Bonchev–Trinajstić information content (AvgIpc) is 2.41. The summed E-state index contributed by atoms with van der Waals surface area (Å²) >= 11 is 0. The smallest absolute Gasteiger partial charge is 0.321 e. The van der Waals surface area contributed by atoms with Crippen LogP contribution in [0.4, 0.5) is 10.5 Å². The number of likely N-dealkylation sites (tertiary alicyclic amines) is 2. The summed E-state index contributed by atoms with van der Waals surface area (Å²) in [6.07, 6.45) is 3.98. The highest BCUT2D eigenvalue weighted by molar-refractivity contribution is 5.90. The standard InChI is InChI=1S/C16H23N3O/c1-13-7-3-4-8-15(13)17-16(20)19-11-14(12-19)18-9-5-2-6-10-18/h3-4,7-8,14H,2,5-6,9-12H2,1H3,(H,17,20). The molecule has 1 N–H and O–H groups in total. The first-order valence-electron chi connectivity index (χ1n) is 7.59. The number of carbonyl (C=O) groups is 1. The van der Waals surface area contributed by atoms with E-state index in [2.05, 4.69) is 10.2 Å². The lowest BCUT2D eigenvalue weighted by Crippen LogP contribution is -2.62. The molecule has 0 aliphatic carbocycles. The summed E-state index contributed by atoms with van der Waals surface area (Å²) in [5.74, 6) is 0. The minimum Gasteiger partial charge on any atom is -0.321 e. The molecule has 4 heteroatoms. The lowest BCUT2D eigenvalue weighted by molar-refractivity contribution is 0.0493. The van der Waals surface area contributed by atoms with Crippen LogP contribution in [0.5, 0.6) is 0 Å². The fourth-order valence-corrected chi connectivity index (χ4v) is 3.04. The first-order valence-corrected chi connectivity index (χ1v) is 7.59. The number of piperidine rings is 1. The predicted molar refractivity (Wildman–Crippen MR) is 81.0 cm³/mol. The van der Waals surface area contributed by atoms with Gasteiger partial charge < -0.3 is 10.2 Å². The number of benzene rings is 1. The van der Waals surface area contributed by atoms with Gasteiger partial charge in [0.1, 0.15) is 0 Å². The van der Waals surface area contributed by atoms with Crippen LogP contribution in [0.1, 0.15) is 24.8 Å². The van der Waals surface area contributed by atoms with E-state index >= 15 is 0 Å². The van der Waals surface area contributed by atoms with E-state index in [1.165, 1.54) is 32.4 Å². The topological polar surface area (TPSA) is 35.6 Å². The molecule has 0 bridgehead atoms. The van der Waals surface area contributed by atoms with Crippen molar-refractivity contribution in [3.05, 3.63) is 29.8 Å². The maximum atomic E-state index is 12.2. The Kier molecular flexibility index (Phi) is 3.92. The maximum absolute atomic E-state index is 12.2. The molecule has 2 aliphatic rings. The number of aryl methyl sites for hydroxylation is 1. The van der Waals surface area contributed by atoms with E-state index in [1.807, 2.05) is 36.1 Å². The molecule has 2 amide bonds. The minimum absolute atomic E-state index is 0.0348. The van der Waals surface area contributed by atoms with Crippen molar-refractivity contribution in [2.45, 2.75) is 32.2 Å². The first kappa shape index (κ1) is 13.4. The summed E-state index contributed by atoms with van der Waals surface area (Å²) in [5, 5.41) is 3.00. The molecule has 2 fully saturated rings. The van der Waals surface area contributed by atoms with Crippen LogP contribution in [0.2, 0.25) is 0 Å². The van der Waals surface area contributed by atoms with E-state index in [0.717, 1.165) is 24.3 Å². The minimum atomic E-state index is 0.0348. The molecule has 0 saturated carbocycles. The Balaban J connectivity index is 1.49. The Morgan fingerprint density at radius 1 is 1.15 bits per heavy atom. The summed E-state index contributed by atoms with van der Waals surface area (Å²) in [5.41, 5.74) is 2.02. The van der Waals surface area contributed by atoms with Crippen molar-refractivity contribution < 1.29 is 4.79 Å². The molecule has 20 heavy (non-hydrogen) atoms. The van der Waals surface area contributed by atoms with Crippen LogP contribution in [0.25, 0.3) is 0 Å². The number of nitrogens with zero attached hydrogens (tertiary/aromatic N) is 2. The third-order valence-electron chi connectivity index (χ3n) is 4.44. The Bertz CT molecular complexity index is 476. The number of hydrogen-bond acceptors (Lipinski definition) is 2. The molecular weight excluding hydrogens is 250 g/mol. The van der Waals surface area contributed by atoms with Gasteiger partial charge in [0.05, 0.1) is 0 Å². The summed E-state index contributed by atoms with van der Waals surface area (Å²) in [6.45, 7) is 6.17. The second-order valence-electron chi connectivity index (χ2n) is 5.90. The lowest BCUT2D eigenvalue weighted by atomic mass is 10.0. The van der Waals surface area contributed by atoms with Gasteiger partial charge in [-0.2, -0.15) is 0 Å². The number of carbonyl (C=O) groups excluding carboxylic acids is 1. The lowest BCUT2D eigenvalue weighted by Gasteiger charge is -2.46. The van der Waals surface area contributed by atoms with Crippen molar-refractivity contribution in [3.8, 4) is 0 Å². The highest BCUT2D eigenvalue weighted by Gasteiger charge is 2.35. The highest BCUT2D eigenvalue weighted by Crippen LogP contribution is 2.21. The molecule has 2 saturated heterocycles. The molecule has 108 valence electrons. The van der Waals surface area contributed by atoms with E-state index in [0.29, 0.717) is 6.04 Å². The molecule has 1 aromatic rings. The summed E-state index contributed by atoms with van der Waals surface area (Å²) < 4.78 is 0.